The van der Waals surface area contributed by atoms with Gasteiger partial charge in [0, 0.05) is 13.0 Å². The van der Waals surface area contributed by atoms with E-state index in [4.69, 9.17) is 4.74 Å². The lowest BCUT2D eigenvalue weighted by Crippen LogP contribution is -2.66. The first-order chi connectivity index (χ1) is 21.8. The molecule has 5 aliphatic rings. The minimum atomic E-state index is -0.210. The van der Waals surface area contributed by atoms with Crippen molar-refractivity contribution in [1.82, 2.24) is 5.32 Å². The molecule has 0 unspecified atom stereocenters. The van der Waals surface area contributed by atoms with Crippen LogP contribution in [0, 0.1) is 56.7 Å². The number of unbranched alkanes of at least 4 members (excludes halogenated alkanes) is 7. The van der Waals surface area contributed by atoms with Crippen LogP contribution in [0.5, 0.6) is 0 Å². The maximum Gasteiger partial charge on any atom is 0.305 e. The van der Waals surface area contributed by atoms with Crippen molar-refractivity contribution in [1.29, 1.82) is 0 Å². The number of ether oxygens (including phenoxy) is 1. The summed E-state index contributed by atoms with van der Waals surface area (Å²) in [6.07, 6.45) is 25.8. The van der Waals surface area contributed by atoms with Crippen LogP contribution in [0.25, 0.3) is 0 Å². The Morgan fingerprint density at radius 1 is 0.804 bits per heavy atom. The van der Waals surface area contributed by atoms with Crippen molar-refractivity contribution in [3.63, 3.8) is 0 Å². The lowest BCUT2D eigenvalue weighted by molar-refractivity contribution is -0.225. The van der Waals surface area contributed by atoms with Gasteiger partial charge < -0.3 is 10.1 Å². The van der Waals surface area contributed by atoms with E-state index in [0.29, 0.717) is 40.9 Å². The quantitative estimate of drug-likeness (QED) is 0.124. The van der Waals surface area contributed by atoms with Gasteiger partial charge in [0.1, 0.15) is 0 Å². The summed E-state index contributed by atoms with van der Waals surface area (Å²) in [6.45, 7) is 20.6. The van der Waals surface area contributed by atoms with E-state index in [2.05, 4.69) is 65.6 Å². The third kappa shape index (κ3) is 6.08. The van der Waals surface area contributed by atoms with Crippen LogP contribution >= 0.6 is 0 Å². The molecule has 0 heterocycles. The summed E-state index contributed by atoms with van der Waals surface area (Å²) < 4.78 is 4.73. The van der Waals surface area contributed by atoms with E-state index in [9.17, 15) is 9.59 Å². The Hall–Kier alpha value is -1.58. The average Bonchev–Trinajstić information content (AvgIpc) is 3.41. The molecule has 0 aromatic rings. The number of esters is 1. The molecule has 0 saturated heterocycles. The Kier molecular flexibility index (Phi) is 10.7. The molecule has 0 aromatic heterocycles. The maximum absolute atomic E-state index is 14.3. The zero-order chi connectivity index (χ0) is 33.4. The molecular formula is C42H69NO3. The second-order valence-corrected chi connectivity index (χ2v) is 18.2. The standard InChI is InChI=1S/C42H69NO3/c1-30(2)31-21-26-42(37(45)43-29-16-14-12-10-9-11-13-15-18-35(44)46-8)28-27-40(6)32(36(31)42)19-20-34-39(5)24-17-23-38(3,4)33(39)22-25-41(34,40)7/h17,23,31-34,36H,1,9-16,18-22,24-29H2,2-8H3,(H,43,45)/t31-,32+,33-,34+,36+,39-,40+,41+,42-/m0/s1. The van der Waals surface area contributed by atoms with Crippen LogP contribution in [0.3, 0.4) is 0 Å². The van der Waals surface area contributed by atoms with Crippen molar-refractivity contribution in [2.24, 2.45) is 56.7 Å². The van der Waals surface area contributed by atoms with E-state index in [1.807, 2.05) is 0 Å². The number of hydrogen-bond acceptors (Lipinski definition) is 3. The van der Waals surface area contributed by atoms with E-state index in [0.717, 1.165) is 56.9 Å². The molecule has 0 spiro atoms. The number of rotatable bonds is 13. The van der Waals surface area contributed by atoms with Gasteiger partial charge in [-0.25, -0.2) is 0 Å². The molecule has 260 valence electrons. The summed E-state index contributed by atoms with van der Waals surface area (Å²) >= 11 is 0. The molecule has 0 bridgehead atoms. The third-order valence-electron chi connectivity index (χ3n) is 15.6. The predicted octanol–water partition coefficient (Wildman–Crippen LogP) is 10.6. The fourth-order valence-electron chi connectivity index (χ4n) is 13.1. The largest absolute Gasteiger partial charge is 0.469 e. The molecule has 46 heavy (non-hydrogen) atoms. The Morgan fingerprint density at radius 2 is 1.48 bits per heavy atom. The first-order valence-corrected chi connectivity index (χ1v) is 19.4. The number of amides is 1. The summed E-state index contributed by atoms with van der Waals surface area (Å²) in [5, 5.41) is 3.52. The van der Waals surface area contributed by atoms with Crippen molar-refractivity contribution in [3.05, 3.63) is 24.3 Å². The van der Waals surface area contributed by atoms with Crippen LogP contribution in [0.4, 0.5) is 0 Å². The van der Waals surface area contributed by atoms with Gasteiger partial charge in [-0.2, -0.15) is 0 Å². The zero-order valence-electron chi connectivity index (χ0n) is 30.9. The van der Waals surface area contributed by atoms with Gasteiger partial charge in [-0.15, -0.1) is 0 Å². The molecule has 4 heteroatoms. The minimum Gasteiger partial charge on any atom is -0.469 e. The zero-order valence-corrected chi connectivity index (χ0v) is 30.9. The summed E-state index contributed by atoms with van der Waals surface area (Å²) in [5.74, 6) is 3.33. The molecule has 4 saturated carbocycles. The van der Waals surface area contributed by atoms with E-state index in [1.54, 1.807) is 0 Å². The van der Waals surface area contributed by atoms with Crippen LogP contribution in [-0.4, -0.2) is 25.5 Å². The lowest BCUT2D eigenvalue weighted by Gasteiger charge is -2.72. The summed E-state index contributed by atoms with van der Waals surface area (Å²) in [7, 11) is 1.46. The Morgan fingerprint density at radius 3 is 2.15 bits per heavy atom. The van der Waals surface area contributed by atoms with Crippen LogP contribution in [0.1, 0.15) is 157 Å². The lowest BCUT2D eigenvalue weighted by atomic mass is 9.33. The minimum absolute atomic E-state index is 0.0948. The molecular weight excluding hydrogens is 566 g/mol. The molecule has 5 rings (SSSR count). The van der Waals surface area contributed by atoms with Crippen molar-refractivity contribution in [2.45, 2.75) is 157 Å². The van der Waals surface area contributed by atoms with Crippen molar-refractivity contribution in [2.75, 3.05) is 13.7 Å². The van der Waals surface area contributed by atoms with Gasteiger partial charge >= 0.3 is 5.97 Å². The molecule has 1 amide bonds. The van der Waals surface area contributed by atoms with Gasteiger partial charge in [-0.05, 0) is 129 Å². The first-order valence-electron chi connectivity index (χ1n) is 19.4. The highest BCUT2D eigenvalue weighted by Gasteiger charge is 2.71. The van der Waals surface area contributed by atoms with E-state index >= 15 is 0 Å². The highest BCUT2D eigenvalue weighted by Crippen LogP contribution is 2.77. The maximum atomic E-state index is 14.3. The fraction of sp³-hybridized carbons (Fsp3) is 0.857. The SMILES string of the molecule is C=C(C)[C@@H]1CC[C@]2(C(=O)NCCCCCCCCCCC(=O)OC)CC[C@]3(C)[C@H](CC[C@@H]4[C@@]5(C)CC=CC(C)(C)[C@@H]5CC[C@]43C)[C@@H]12. The van der Waals surface area contributed by atoms with Gasteiger partial charge in [-0.3, -0.25) is 9.59 Å². The number of nitrogens with one attached hydrogen (secondary N) is 1. The normalized spacial score (nSPS) is 40.6. The number of fused-ring (bicyclic) bond motifs is 7. The van der Waals surface area contributed by atoms with Crippen molar-refractivity contribution < 1.29 is 14.3 Å². The second kappa shape index (κ2) is 13.7. The number of carbonyl (C=O) groups is 2. The number of carbonyl (C=O) groups excluding carboxylic acids is 2. The summed E-state index contributed by atoms with van der Waals surface area (Å²) in [4.78, 5) is 25.6. The molecule has 4 fully saturated rings. The van der Waals surface area contributed by atoms with Crippen LogP contribution in [0.2, 0.25) is 0 Å². The van der Waals surface area contributed by atoms with E-state index in [-0.39, 0.29) is 22.2 Å². The average molecular weight is 636 g/mol. The molecule has 5 aliphatic carbocycles. The van der Waals surface area contributed by atoms with Gasteiger partial charge in [-0.1, -0.05) is 97.4 Å². The molecule has 0 aliphatic heterocycles. The Bertz CT molecular complexity index is 1160. The van der Waals surface area contributed by atoms with Crippen LogP contribution in [-0.2, 0) is 14.3 Å². The highest BCUT2D eigenvalue weighted by atomic mass is 16.5. The number of hydrogen-bond donors (Lipinski definition) is 1. The third-order valence-corrected chi connectivity index (χ3v) is 15.6. The predicted molar refractivity (Wildman–Crippen MR) is 190 cm³/mol. The number of allylic oxidation sites excluding steroid dienone is 3. The fourth-order valence-corrected chi connectivity index (χ4v) is 13.1. The van der Waals surface area contributed by atoms with Crippen LogP contribution in [0.15, 0.2) is 24.3 Å². The summed E-state index contributed by atoms with van der Waals surface area (Å²) in [5.41, 5.74) is 2.37. The molecule has 4 nitrogen and oxygen atoms in total. The van der Waals surface area contributed by atoms with Crippen molar-refractivity contribution in [3.8, 4) is 0 Å². The molecule has 0 radical (unpaired) electrons. The van der Waals surface area contributed by atoms with Gasteiger partial charge in [0.25, 0.3) is 0 Å². The van der Waals surface area contributed by atoms with Crippen LogP contribution < -0.4 is 5.32 Å². The highest BCUT2D eigenvalue weighted by molar-refractivity contribution is 5.84. The smallest absolute Gasteiger partial charge is 0.305 e. The topological polar surface area (TPSA) is 55.4 Å². The van der Waals surface area contributed by atoms with E-state index < -0.39 is 0 Å². The van der Waals surface area contributed by atoms with E-state index in [1.165, 1.54) is 83.3 Å². The monoisotopic (exact) mass is 636 g/mol. The second-order valence-electron chi connectivity index (χ2n) is 18.2. The van der Waals surface area contributed by atoms with Gasteiger partial charge in [0.2, 0.25) is 5.91 Å². The Balaban J connectivity index is 1.21. The number of methoxy groups -OCH3 is 1. The van der Waals surface area contributed by atoms with Crippen molar-refractivity contribution >= 4 is 11.9 Å². The summed E-state index contributed by atoms with van der Waals surface area (Å²) in [6, 6.07) is 0. The molecule has 1 N–H and O–H groups in total. The molecule has 0 aromatic carbocycles. The molecule has 9 atom stereocenters. The Labute approximate surface area is 282 Å². The van der Waals surface area contributed by atoms with Gasteiger partial charge in [0.05, 0.1) is 12.5 Å². The van der Waals surface area contributed by atoms with Gasteiger partial charge in [0.15, 0.2) is 0 Å². The first kappa shape index (κ1) is 35.7.